The lowest BCUT2D eigenvalue weighted by Crippen LogP contribution is -2.26. The first-order valence-corrected chi connectivity index (χ1v) is 7.45. The quantitative estimate of drug-likeness (QED) is 0.431. The summed E-state index contributed by atoms with van der Waals surface area (Å²) in [5.41, 5.74) is 0.413. The summed E-state index contributed by atoms with van der Waals surface area (Å²) in [5, 5.41) is 21.5. The normalized spacial score (nSPS) is 11.0. The van der Waals surface area contributed by atoms with Crippen LogP contribution >= 0.6 is 11.6 Å². The summed E-state index contributed by atoms with van der Waals surface area (Å²) in [6, 6.07) is 4.78. The van der Waals surface area contributed by atoms with E-state index in [1.165, 1.54) is 25.3 Å². The monoisotopic (exact) mass is 338 g/mol. The summed E-state index contributed by atoms with van der Waals surface area (Å²) in [4.78, 5) is 12.0. The van der Waals surface area contributed by atoms with Crippen molar-refractivity contribution >= 4 is 23.6 Å². The molecule has 0 heterocycles. The Morgan fingerprint density at radius 1 is 1.52 bits per heavy atom. The summed E-state index contributed by atoms with van der Waals surface area (Å²) in [6.07, 6.45) is 2.04. The van der Waals surface area contributed by atoms with Gasteiger partial charge in [0.25, 0.3) is 5.91 Å². The Morgan fingerprint density at radius 3 is 2.87 bits per heavy atom. The highest BCUT2D eigenvalue weighted by molar-refractivity contribution is 6.32. The number of phenols is 1. The fraction of sp³-hybridized carbons (Fsp3) is 0.375. The van der Waals surface area contributed by atoms with Gasteiger partial charge in [0.2, 0.25) is 0 Å². The molecule has 0 radical (unpaired) electrons. The van der Waals surface area contributed by atoms with Gasteiger partial charge in [0.15, 0.2) is 11.5 Å². The molecule has 1 rings (SSSR count). The van der Waals surface area contributed by atoms with Gasteiger partial charge in [0, 0.05) is 19.8 Å². The van der Waals surface area contributed by atoms with E-state index in [4.69, 9.17) is 26.3 Å². The van der Waals surface area contributed by atoms with E-state index in [1.807, 2.05) is 13.0 Å². The first kappa shape index (κ1) is 18.8. The number of nitrogens with one attached hydrogen (secondary N) is 1. The van der Waals surface area contributed by atoms with E-state index in [9.17, 15) is 9.90 Å². The molecule has 0 unspecified atom stereocenters. The number of benzene rings is 1. The van der Waals surface area contributed by atoms with Crippen LogP contribution < -0.4 is 10.1 Å². The SMILES string of the molecule is CCOCCCNC(=O)/C(C#N)=C/c1cc(Cl)c(O)c(OC)c1. The molecule has 124 valence electrons. The minimum atomic E-state index is -0.479. The van der Waals surface area contributed by atoms with E-state index in [2.05, 4.69) is 5.32 Å². The molecule has 1 aromatic carbocycles. The number of aromatic hydroxyl groups is 1. The number of methoxy groups -OCH3 is 1. The second-order valence-electron chi connectivity index (χ2n) is 4.53. The van der Waals surface area contributed by atoms with Gasteiger partial charge in [-0.15, -0.1) is 0 Å². The molecule has 0 atom stereocenters. The van der Waals surface area contributed by atoms with Crippen molar-refractivity contribution in [2.45, 2.75) is 13.3 Å². The van der Waals surface area contributed by atoms with Crippen LogP contribution in [0.15, 0.2) is 17.7 Å². The number of rotatable bonds is 8. The number of halogens is 1. The number of amides is 1. The number of phenolic OH excluding ortho intramolecular Hbond substituents is 1. The van der Waals surface area contributed by atoms with E-state index in [0.717, 1.165) is 0 Å². The Morgan fingerprint density at radius 2 is 2.26 bits per heavy atom. The number of carbonyl (C=O) groups excluding carboxylic acids is 1. The maximum Gasteiger partial charge on any atom is 0.261 e. The van der Waals surface area contributed by atoms with Gasteiger partial charge in [-0.3, -0.25) is 4.79 Å². The minimum absolute atomic E-state index is 0.0646. The van der Waals surface area contributed by atoms with E-state index < -0.39 is 5.91 Å². The van der Waals surface area contributed by atoms with Crippen molar-refractivity contribution in [2.75, 3.05) is 26.9 Å². The smallest absolute Gasteiger partial charge is 0.261 e. The number of hydrogen-bond acceptors (Lipinski definition) is 5. The molecule has 0 aliphatic rings. The third kappa shape index (κ3) is 5.81. The summed E-state index contributed by atoms with van der Waals surface area (Å²) in [7, 11) is 1.38. The molecule has 0 saturated heterocycles. The molecule has 23 heavy (non-hydrogen) atoms. The molecule has 0 spiro atoms. The number of hydrogen-bond donors (Lipinski definition) is 2. The van der Waals surface area contributed by atoms with E-state index >= 15 is 0 Å². The maximum absolute atomic E-state index is 12.0. The third-order valence-corrected chi connectivity index (χ3v) is 3.19. The van der Waals surface area contributed by atoms with Crippen molar-refractivity contribution in [1.82, 2.24) is 5.32 Å². The van der Waals surface area contributed by atoms with Gasteiger partial charge >= 0.3 is 0 Å². The summed E-state index contributed by atoms with van der Waals surface area (Å²) < 4.78 is 10.1. The summed E-state index contributed by atoms with van der Waals surface area (Å²) in [5.74, 6) is -0.504. The van der Waals surface area contributed by atoms with Crippen LogP contribution in [0.1, 0.15) is 18.9 Å². The van der Waals surface area contributed by atoms with Crippen LogP contribution in [0.2, 0.25) is 5.02 Å². The zero-order chi connectivity index (χ0) is 17.2. The van der Waals surface area contributed by atoms with Crippen molar-refractivity contribution in [3.05, 3.63) is 28.3 Å². The van der Waals surface area contributed by atoms with Crippen LogP contribution in [0.25, 0.3) is 6.08 Å². The predicted molar refractivity (Wildman–Crippen MR) is 87.4 cm³/mol. The lowest BCUT2D eigenvalue weighted by molar-refractivity contribution is -0.117. The second kappa shape index (κ2) is 9.72. The zero-order valence-corrected chi connectivity index (χ0v) is 13.8. The highest BCUT2D eigenvalue weighted by Crippen LogP contribution is 2.35. The first-order valence-electron chi connectivity index (χ1n) is 7.07. The molecule has 0 saturated carbocycles. The largest absolute Gasteiger partial charge is 0.503 e. The zero-order valence-electron chi connectivity index (χ0n) is 13.1. The van der Waals surface area contributed by atoms with Crippen LogP contribution in [0.3, 0.4) is 0 Å². The van der Waals surface area contributed by atoms with Crippen molar-refractivity contribution in [3.8, 4) is 17.6 Å². The molecule has 6 nitrogen and oxygen atoms in total. The Labute approximate surface area is 140 Å². The van der Waals surface area contributed by atoms with Crippen LogP contribution in [0, 0.1) is 11.3 Å². The van der Waals surface area contributed by atoms with Gasteiger partial charge in [-0.05, 0) is 37.1 Å². The van der Waals surface area contributed by atoms with Crippen LogP contribution in [-0.4, -0.2) is 37.9 Å². The van der Waals surface area contributed by atoms with Gasteiger partial charge < -0.3 is 19.9 Å². The van der Waals surface area contributed by atoms with Crippen molar-refractivity contribution in [3.63, 3.8) is 0 Å². The molecule has 2 N–H and O–H groups in total. The molecular formula is C16H19ClN2O4. The van der Waals surface area contributed by atoms with E-state index in [0.29, 0.717) is 31.7 Å². The lowest BCUT2D eigenvalue weighted by atomic mass is 10.1. The van der Waals surface area contributed by atoms with Crippen molar-refractivity contribution < 1.29 is 19.4 Å². The molecule has 7 heteroatoms. The Hall–Kier alpha value is -2.23. The summed E-state index contributed by atoms with van der Waals surface area (Å²) >= 11 is 5.88. The van der Waals surface area contributed by atoms with E-state index in [-0.39, 0.29) is 22.1 Å². The Kier molecular flexibility index (Phi) is 7.95. The Bertz CT molecular complexity index is 623. The number of nitriles is 1. The molecule has 0 fully saturated rings. The molecule has 1 aromatic rings. The highest BCUT2D eigenvalue weighted by Gasteiger charge is 2.12. The molecule has 0 aliphatic carbocycles. The first-order chi connectivity index (χ1) is 11.0. The number of ether oxygens (including phenoxy) is 2. The Balaban J connectivity index is 2.81. The topological polar surface area (TPSA) is 91.6 Å². The van der Waals surface area contributed by atoms with Gasteiger partial charge in [-0.1, -0.05) is 11.6 Å². The lowest BCUT2D eigenvalue weighted by Gasteiger charge is -2.07. The fourth-order valence-electron chi connectivity index (χ4n) is 1.76. The van der Waals surface area contributed by atoms with Gasteiger partial charge in [-0.2, -0.15) is 5.26 Å². The second-order valence-corrected chi connectivity index (χ2v) is 4.94. The van der Waals surface area contributed by atoms with E-state index in [1.54, 1.807) is 0 Å². The molecule has 0 aliphatic heterocycles. The van der Waals surface area contributed by atoms with Gasteiger partial charge in [0.05, 0.1) is 12.1 Å². The molecular weight excluding hydrogens is 320 g/mol. The van der Waals surface area contributed by atoms with Crippen LogP contribution in [0.5, 0.6) is 11.5 Å². The third-order valence-electron chi connectivity index (χ3n) is 2.90. The van der Waals surface area contributed by atoms with Crippen molar-refractivity contribution in [1.29, 1.82) is 5.26 Å². The summed E-state index contributed by atoms with van der Waals surface area (Å²) in [6.45, 7) is 3.48. The predicted octanol–water partition coefficient (Wildman–Crippen LogP) is 2.50. The number of carbonyl (C=O) groups is 1. The van der Waals surface area contributed by atoms with Crippen molar-refractivity contribution in [2.24, 2.45) is 0 Å². The molecule has 1 amide bonds. The average Bonchev–Trinajstić information content (AvgIpc) is 2.55. The minimum Gasteiger partial charge on any atom is -0.503 e. The van der Waals surface area contributed by atoms with Gasteiger partial charge in [0.1, 0.15) is 11.6 Å². The molecule has 0 bridgehead atoms. The average molecular weight is 339 g/mol. The highest BCUT2D eigenvalue weighted by atomic mass is 35.5. The van der Waals surface area contributed by atoms with Crippen LogP contribution in [-0.2, 0) is 9.53 Å². The van der Waals surface area contributed by atoms with Gasteiger partial charge in [-0.25, -0.2) is 0 Å². The number of nitrogens with zero attached hydrogens (tertiary/aromatic N) is 1. The fourth-order valence-corrected chi connectivity index (χ4v) is 1.98. The molecule has 0 aromatic heterocycles. The van der Waals surface area contributed by atoms with Crippen LogP contribution in [0.4, 0.5) is 0 Å². The maximum atomic E-state index is 12.0. The standard InChI is InChI=1S/C16H19ClN2O4/c1-3-23-6-4-5-19-16(21)12(10-18)7-11-8-13(17)15(20)14(9-11)22-2/h7-9,20H,3-6H2,1-2H3,(H,19,21)/b12-7+.